The molecular formula is C26H30N2O3. The number of benzene rings is 2. The van der Waals surface area contributed by atoms with Crippen LogP contribution in [0.2, 0.25) is 0 Å². The number of aryl methyl sites for hydroxylation is 1. The Morgan fingerprint density at radius 1 is 0.935 bits per heavy atom. The van der Waals surface area contributed by atoms with Gasteiger partial charge in [-0.2, -0.15) is 0 Å². The van der Waals surface area contributed by atoms with Crippen molar-refractivity contribution in [1.82, 2.24) is 4.90 Å². The molecule has 3 rings (SSSR count). The van der Waals surface area contributed by atoms with Crippen LogP contribution in [0.3, 0.4) is 0 Å². The Hall–Kier alpha value is -3.21. The van der Waals surface area contributed by atoms with Gasteiger partial charge in [0.15, 0.2) is 5.78 Å². The number of carbonyl (C=O) groups is 3. The number of rotatable bonds is 7. The van der Waals surface area contributed by atoms with Crippen molar-refractivity contribution in [2.45, 2.75) is 33.6 Å². The molecule has 0 fully saturated rings. The SMILES string of the molecule is CCN(CC)C(=O)C1CC=CCC1C(=O)Nc1ccc(C)cc1C(=O)c1ccccc1. The average Bonchev–Trinajstić information content (AvgIpc) is 2.81. The van der Waals surface area contributed by atoms with Gasteiger partial charge < -0.3 is 10.2 Å². The number of nitrogens with zero attached hydrogens (tertiary/aromatic N) is 1. The fraction of sp³-hybridized carbons (Fsp3) is 0.346. The van der Waals surface area contributed by atoms with Crippen LogP contribution in [0.1, 0.15) is 48.2 Å². The van der Waals surface area contributed by atoms with E-state index >= 15 is 0 Å². The molecule has 0 spiro atoms. The molecule has 1 aliphatic carbocycles. The molecule has 2 amide bonds. The highest BCUT2D eigenvalue weighted by atomic mass is 16.2. The number of anilines is 1. The number of hydrogen-bond donors (Lipinski definition) is 1. The summed E-state index contributed by atoms with van der Waals surface area (Å²) in [5.74, 6) is -1.19. The summed E-state index contributed by atoms with van der Waals surface area (Å²) in [6.07, 6.45) is 5.00. The molecule has 1 aliphatic rings. The third-order valence-corrected chi connectivity index (χ3v) is 5.88. The van der Waals surface area contributed by atoms with Crippen LogP contribution in [0, 0.1) is 18.8 Å². The van der Waals surface area contributed by atoms with Gasteiger partial charge in [-0.15, -0.1) is 0 Å². The second-order valence-electron chi connectivity index (χ2n) is 7.90. The topological polar surface area (TPSA) is 66.5 Å². The summed E-state index contributed by atoms with van der Waals surface area (Å²) in [6, 6.07) is 14.5. The van der Waals surface area contributed by atoms with Gasteiger partial charge in [-0.1, -0.05) is 54.1 Å². The van der Waals surface area contributed by atoms with Crippen LogP contribution in [-0.2, 0) is 9.59 Å². The van der Waals surface area contributed by atoms with Gasteiger partial charge in [0.25, 0.3) is 0 Å². The fourth-order valence-corrected chi connectivity index (χ4v) is 4.07. The van der Waals surface area contributed by atoms with E-state index < -0.39 is 5.92 Å². The predicted molar refractivity (Wildman–Crippen MR) is 123 cm³/mol. The number of ketones is 1. The van der Waals surface area contributed by atoms with Crippen LogP contribution in [-0.4, -0.2) is 35.6 Å². The molecule has 0 aromatic heterocycles. The van der Waals surface area contributed by atoms with E-state index in [-0.39, 0.29) is 23.5 Å². The molecular weight excluding hydrogens is 388 g/mol. The third kappa shape index (κ3) is 5.10. The van der Waals surface area contributed by atoms with Gasteiger partial charge >= 0.3 is 0 Å². The number of allylic oxidation sites excluding steroid dienone is 2. The average molecular weight is 419 g/mol. The zero-order chi connectivity index (χ0) is 22.4. The van der Waals surface area contributed by atoms with Crippen molar-refractivity contribution in [3.8, 4) is 0 Å². The summed E-state index contributed by atoms with van der Waals surface area (Å²) >= 11 is 0. The van der Waals surface area contributed by atoms with Gasteiger partial charge in [-0.05, 0) is 45.7 Å². The molecule has 2 aromatic carbocycles. The second kappa shape index (κ2) is 10.2. The third-order valence-electron chi connectivity index (χ3n) is 5.88. The van der Waals surface area contributed by atoms with Crippen molar-refractivity contribution in [3.63, 3.8) is 0 Å². The normalized spacial score (nSPS) is 17.8. The van der Waals surface area contributed by atoms with Gasteiger partial charge in [0.05, 0.1) is 17.5 Å². The minimum Gasteiger partial charge on any atom is -0.343 e. The molecule has 0 aliphatic heterocycles. The molecule has 2 unspecified atom stereocenters. The van der Waals surface area contributed by atoms with Crippen molar-refractivity contribution in [2.75, 3.05) is 18.4 Å². The van der Waals surface area contributed by atoms with Gasteiger partial charge in [-0.25, -0.2) is 0 Å². The molecule has 5 heteroatoms. The van der Waals surface area contributed by atoms with Crippen molar-refractivity contribution in [1.29, 1.82) is 0 Å². The first-order valence-corrected chi connectivity index (χ1v) is 10.9. The minimum atomic E-state index is -0.459. The molecule has 2 aromatic rings. The minimum absolute atomic E-state index is 0.0130. The maximum absolute atomic E-state index is 13.3. The lowest BCUT2D eigenvalue weighted by Crippen LogP contribution is -2.43. The number of carbonyl (C=O) groups excluding carboxylic acids is 3. The van der Waals surface area contributed by atoms with Crippen LogP contribution in [0.5, 0.6) is 0 Å². The molecule has 0 heterocycles. The molecule has 31 heavy (non-hydrogen) atoms. The maximum Gasteiger partial charge on any atom is 0.228 e. The van der Waals surface area contributed by atoms with Crippen LogP contribution >= 0.6 is 0 Å². The molecule has 0 saturated carbocycles. The Balaban J connectivity index is 1.86. The van der Waals surface area contributed by atoms with Crippen molar-refractivity contribution >= 4 is 23.3 Å². The number of hydrogen-bond acceptors (Lipinski definition) is 3. The van der Waals surface area contributed by atoms with Crippen LogP contribution in [0.25, 0.3) is 0 Å². The summed E-state index contributed by atoms with van der Waals surface area (Å²) in [4.78, 5) is 41.1. The number of nitrogens with one attached hydrogen (secondary N) is 1. The van der Waals surface area contributed by atoms with E-state index in [9.17, 15) is 14.4 Å². The van der Waals surface area contributed by atoms with Crippen LogP contribution in [0.4, 0.5) is 5.69 Å². The molecule has 0 bridgehead atoms. The fourth-order valence-electron chi connectivity index (χ4n) is 4.07. The molecule has 2 atom stereocenters. The lowest BCUT2D eigenvalue weighted by Gasteiger charge is -2.31. The Labute approximate surface area is 184 Å². The van der Waals surface area contributed by atoms with Crippen molar-refractivity contribution < 1.29 is 14.4 Å². The first-order chi connectivity index (χ1) is 15.0. The first kappa shape index (κ1) is 22.5. The standard InChI is InChI=1S/C26H30N2O3/c1-4-28(5-2)26(31)21-14-10-9-13-20(21)25(30)27-23-16-15-18(3)17-22(23)24(29)19-11-7-6-8-12-19/h6-12,15-17,20-21H,4-5,13-14H2,1-3H3,(H,27,30). The Morgan fingerprint density at radius 2 is 1.58 bits per heavy atom. The van der Waals surface area contributed by atoms with E-state index in [0.29, 0.717) is 42.7 Å². The van der Waals surface area contributed by atoms with E-state index in [4.69, 9.17) is 0 Å². The first-order valence-electron chi connectivity index (χ1n) is 10.9. The maximum atomic E-state index is 13.3. The zero-order valence-corrected chi connectivity index (χ0v) is 18.4. The summed E-state index contributed by atoms with van der Waals surface area (Å²) in [5.41, 5.74) is 2.44. The molecule has 5 nitrogen and oxygen atoms in total. The molecule has 0 saturated heterocycles. The van der Waals surface area contributed by atoms with E-state index in [2.05, 4.69) is 5.32 Å². The zero-order valence-electron chi connectivity index (χ0n) is 18.4. The largest absolute Gasteiger partial charge is 0.343 e. The Kier molecular flexibility index (Phi) is 7.40. The van der Waals surface area contributed by atoms with Gasteiger partial charge in [0.1, 0.15) is 0 Å². The highest BCUT2D eigenvalue weighted by molar-refractivity contribution is 6.14. The van der Waals surface area contributed by atoms with Gasteiger partial charge in [0.2, 0.25) is 11.8 Å². The molecule has 1 N–H and O–H groups in total. The monoisotopic (exact) mass is 418 g/mol. The molecule has 0 radical (unpaired) electrons. The van der Waals surface area contributed by atoms with E-state index in [1.165, 1.54) is 0 Å². The predicted octanol–water partition coefficient (Wildman–Crippen LogP) is 4.62. The van der Waals surface area contributed by atoms with Gasteiger partial charge in [0, 0.05) is 24.2 Å². The smallest absolute Gasteiger partial charge is 0.228 e. The quantitative estimate of drug-likeness (QED) is 0.527. The second-order valence-corrected chi connectivity index (χ2v) is 7.90. The van der Waals surface area contributed by atoms with Crippen LogP contribution in [0.15, 0.2) is 60.7 Å². The van der Waals surface area contributed by atoms with E-state index in [0.717, 1.165) is 5.56 Å². The lowest BCUT2D eigenvalue weighted by atomic mass is 9.81. The van der Waals surface area contributed by atoms with Crippen LogP contribution < -0.4 is 5.32 Å². The molecule has 162 valence electrons. The lowest BCUT2D eigenvalue weighted by molar-refractivity contribution is -0.140. The summed E-state index contributed by atoms with van der Waals surface area (Å²) in [6.45, 7) is 7.05. The highest BCUT2D eigenvalue weighted by Gasteiger charge is 2.36. The Morgan fingerprint density at radius 3 is 2.23 bits per heavy atom. The van der Waals surface area contributed by atoms with E-state index in [1.54, 1.807) is 29.2 Å². The Bertz CT molecular complexity index is 977. The summed E-state index contributed by atoms with van der Waals surface area (Å²) in [7, 11) is 0. The summed E-state index contributed by atoms with van der Waals surface area (Å²) < 4.78 is 0. The highest BCUT2D eigenvalue weighted by Crippen LogP contribution is 2.30. The van der Waals surface area contributed by atoms with Gasteiger partial charge in [-0.3, -0.25) is 14.4 Å². The summed E-state index contributed by atoms with van der Waals surface area (Å²) in [5, 5.41) is 2.95. The van der Waals surface area contributed by atoms with Crippen molar-refractivity contribution in [3.05, 3.63) is 77.4 Å². The van der Waals surface area contributed by atoms with E-state index in [1.807, 2.05) is 57.2 Å². The van der Waals surface area contributed by atoms with Crippen molar-refractivity contribution in [2.24, 2.45) is 11.8 Å². The number of amides is 2.